The van der Waals surface area contributed by atoms with E-state index >= 15 is 0 Å². The first-order valence-electron chi connectivity index (χ1n) is 8.39. The zero-order valence-electron chi connectivity index (χ0n) is 15.5. The second kappa shape index (κ2) is 11.5. The minimum Gasteiger partial charge on any atom is -0.357 e. The third-order valence-electron chi connectivity index (χ3n) is 3.73. The van der Waals surface area contributed by atoms with Gasteiger partial charge in [-0.15, -0.1) is 24.0 Å². The largest absolute Gasteiger partial charge is 0.357 e. The van der Waals surface area contributed by atoms with E-state index in [1.807, 2.05) is 33.3 Å². The fourth-order valence-electron chi connectivity index (χ4n) is 2.38. The third kappa shape index (κ3) is 6.66. The van der Waals surface area contributed by atoms with Crippen LogP contribution in [0.2, 0.25) is 0 Å². The molecule has 7 nitrogen and oxygen atoms in total. The highest BCUT2D eigenvalue weighted by atomic mass is 127. The lowest BCUT2D eigenvalue weighted by Crippen LogP contribution is -2.39. The summed E-state index contributed by atoms with van der Waals surface area (Å²) in [6, 6.07) is 7.60. The molecule has 0 saturated heterocycles. The standard InChI is InChI=1S/C18H26N6O.HI/c1-4-20-18(24(3)14-16-8-6-12-23(16)2)22-11-10-21-17(25)15-7-5-9-19-13-15;/h5-9,12-13H,4,10-11,14H2,1-3H3,(H,20,22)(H,21,25);1H. The molecular formula is C18H27IN6O. The summed E-state index contributed by atoms with van der Waals surface area (Å²) < 4.78 is 2.09. The first-order chi connectivity index (χ1) is 12.1. The maximum atomic E-state index is 12.0. The maximum Gasteiger partial charge on any atom is 0.252 e. The van der Waals surface area contributed by atoms with Gasteiger partial charge in [0, 0.05) is 51.5 Å². The van der Waals surface area contributed by atoms with Gasteiger partial charge in [-0.25, -0.2) is 0 Å². The molecule has 26 heavy (non-hydrogen) atoms. The normalized spacial score (nSPS) is 10.8. The van der Waals surface area contributed by atoms with E-state index in [9.17, 15) is 4.79 Å². The Labute approximate surface area is 171 Å². The molecule has 0 aromatic carbocycles. The third-order valence-corrected chi connectivity index (χ3v) is 3.73. The number of guanidine groups is 1. The number of rotatable bonds is 7. The van der Waals surface area contributed by atoms with Gasteiger partial charge in [-0.05, 0) is 31.2 Å². The van der Waals surface area contributed by atoms with Crippen LogP contribution in [0.5, 0.6) is 0 Å². The van der Waals surface area contributed by atoms with Crippen molar-refractivity contribution in [3.8, 4) is 0 Å². The van der Waals surface area contributed by atoms with Crippen molar-refractivity contribution in [2.45, 2.75) is 13.5 Å². The molecular weight excluding hydrogens is 443 g/mol. The smallest absolute Gasteiger partial charge is 0.252 e. The molecule has 8 heteroatoms. The molecule has 0 saturated carbocycles. The Balaban J connectivity index is 0.00000338. The van der Waals surface area contributed by atoms with Crippen LogP contribution in [0.1, 0.15) is 23.0 Å². The highest BCUT2D eigenvalue weighted by molar-refractivity contribution is 14.0. The Morgan fingerprint density at radius 2 is 2.12 bits per heavy atom. The van der Waals surface area contributed by atoms with E-state index in [1.165, 1.54) is 5.69 Å². The van der Waals surface area contributed by atoms with Gasteiger partial charge in [-0.3, -0.25) is 14.8 Å². The van der Waals surface area contributed by atoms with E-state index in [2.05, 4.69) is 36.1 Å². The van der Waals surface area contributed by atoms with Gasteiger partial charge in [0.25, 0.3) is 5.91 Å². The molecule has 1 amide bonds. The molecule has 0 aliphatic heterocycles. The number of aliphatic imine (C=N–C) groups is 1. The SMILES string of the molecule is CCNC(=NCCNC(=O)c1cccnc1)N(C)Cc1cccn1C.I. The number of amides is 1. The molecule has 0 radical (unpaired) electrons. The van der Waals surface area contributed by atoms with E-state index < -0.39 is 0 Å². The molecule has 2 aromatic heterocycles. The average Bonchev–Trinajstić information content (AvgIpc) is 3.03. The summed E-state index contributed by atoms with van der Waals surface area (Å²) >= 11 is 0. The summed E-state index contributed by atoms with van der Waals surface area (Å²) in [6.45, 7) is 4.57. The summed E-state index contributed by atoms with van der Waals surface area (Å²) in [5.74, 6) is 0.685. The molecule has 0 aliphatic rings. The topological polar surface area (TPSA) is 74.5 Å². The molecule has 0 atom stereocenters. The summed E-state index contributed by atoms with van der Waals surface area (Å²) in [5.41, 5.74) is 1.76. The zero-order valence-corrected chi connectivity index (χ0v) is 17.8. The van der Waals surface area contributed by atoms with E-state index in [1.54, 1.807) is 24.5 Å². The Morgan fingerprint density at radius 1 is 1.31 bits per heavy atom. The number of pyridine rings is 1. The quantitative estimate of drug-likeness (QED) is 0.281. The number of carbonyl (C=O) groups is 1. The summed E-state index contributed by atoms with van der Waals surface area (Å²) in [7, 11) is 4.03. The minimum absolute atomic E-state index is 0. The number of nitrogens with zero attached hydrogens (tertiary/aromatic N) is 4. The van der Waals surface area contributed by atoms with Gasteiger partial charge in [0.05, 0.1) is 18.7 Å². The molecule has 0 bridgehead atoms. The van der Waals surface area contributed by atoms with Crippen molar-refractivity contribution >= 4 is 35.8 Å². The van der Waals surface area contributed by atoms with Crippen molar-refractivity contribution in [3.63, 3.8) is 0 Å². The van der Waals surface area contributed by atoms with Crippen LogP contribution in [0.25, 0.3) is 0 Å². The Kier molecular flexibility index (Phi) is 9.71. The lowest BCUT2D eigenvalue weighted by molar-refractivity contribution is 0.0954. The predicted octanol–water partition coefficient (Wildman–Crippen LogP) is 1.87. The van der Waals surface area contributed by atoms with Gasteiger partial charge in [0.2, 0.25) is 0 Å². The summed E-state index contributed by atoms with van der Waals surface area (Å²) in [6.07, 6.45) is 5.23. The van der Waals surface area contributed by atoms with Gasteiger partial charge in [0.1, 0.15) is 0 Å². The van der Waals surface area contributed by atoms with Crippen LogP contribution in [0.4, 0.5) is 0 Å². The highest BCUT2D eigenvalue weighted by Gasteiger charge is 2.08. The number of carbonyl (C=O) groups excluding carboxylic acids is 1. The van der Waals surface area contributed by atoms with Crippen LogP contribution < -0.4 is 10.6 Å². The number of hydrogen-bond acceptors (Lipinski definition) is 3. The van der Waals surface area contributed by atoms with Crippen molar-refractivity contribution in [1.29, 1.82) is 0 Å². The van der Waals surface area contributed by atoms with E-state index in [-0.39, 0.29) is 29.9 Å². The van der Waals surface area contributed by atoms with Crippen molar-refractivity contribution in [2.75, 3.05) is 26.7 Å². The first kappa shape index (κ1) is 21.9. The van der Waals surface area contributed by atoms with Gasteiger partial charge in [-0.2, -0.15) is 0 Å². The van der Waals surface area contributed by atoms with Crippen molar-refractivity contribution in [2.24, 2.45) is 12.0 Å². The summed E-state index contributed by atoms with van der Waals surface area (Å²) in [5, 5.41) is 6.13. The van der Waals surface area contributed by atoms with Crippen LogP contribution in [-0.4, -0.2) is 53.0 Å². The lowest BCUT2D eigenvalue weighted by atomic mass is 10.3. The van der Waals surface area contributed by atoms with Crippen LogP contribution in [0.3, 0.4) is 0 Å². The highest BCUT2D eigenvalue weighted by Crippen LogP contribution is 2.03. The molecule has 142 valence electrons. The van der Waals surface area contributed by atoms with Crippen LogP contribution >= 0.6 is 24.0 Å². The van der Waals surface area contributed by atoms with E-state index in [0.717, 1.165) is 19.0 Å². The zero-order chi connectivity index (χ0) is 18.1. The number of halogens is 1. The maximum absolute atomic E-state index is 12.0. The fourth-order valence-corrected chi connectivity index (χ4v) is 2.38. The number of aromatic nitrogens is 2. The summed E-state index contributed by atoms with van der Waals surface area (Å²) in [4.78, 5) is 22.6. The minimum atomic E-state index is -0.134. The second-order valence-electron chi connectivity index (χ2n) is 5.70. The fraction of sp³-hybridized carbons (Fsp3) is 0.389. The van der Waals surface area contributed by atoms with Crippen molar-refractivity contribution in [1.82, 2.24) is 25.1 Å². The molecule has 0 aliphatic carbocycles. The van der Waals surface area contributed by atoms with Gasteiger partial charge in [-0.1, -0.05) is 0 Å². The van der Waals surface area contributed by atoms with Crippen molar-refractivity contribution < 1.29 is 4.79 Å². The number of aryl methyl sites for hydroxylation is 1. The molecule has 2 N–H and O–H groups in total. The number of hydrogen-bond donors (Lipinski definition) is 2. The van der Waals surface area contributed by atoms with Crippen LogP contribution in [-0.2, 0) is 13.6 Å². The molecule has 2 rings (SSSR count). The van der Waals surface area contributed by atoms with Crippen LogP contribution in [0, 0.1) is 0 Å². The predicted molar refractivity (Wildman–Crippen MR) is 115 cm³/mol. The molecule has 0 unspecified atom stereocenters. The Morgan fingerprint density at radius 3 is 2.73 bits per heavy atom. The van der Waals surface area contributed by atoms with Gasteiger partial charge in [0.15, 0.2) is 5.96 Å². The van der Waals surface area contributed by atoms with Gasteiger partial charge >= 0.3 is 0 Å². The van der Waals surface area contributed by atoms with Crippen molar-refractivity contribution in [3.05, 3.63) is 54.1 Å². The number of nitrogens with one attached hydrogen (secondary N) is 2. The van der Waals surface area contributed by atoms with Gasteiger partial charge < -0.3 is 20.1 Å². The van der Waals surface area contributed by atoms with Crippen LogP contribution in [0.15, 0.2) is 47.8 Å². The lowest BCUT2D eigenvalue weighted by Gasteiger charge is -2.22. The van der Waals surface area contributed by atoms with E-state index in [4.69, 9.17) is 0 Å². The molecule has 0 spiro atoms. The Hall–Kier alpha value is -2.10. The molecule has 2 heterocycles. The average molecular weight is 470 g/mol. The van der Waals surface area contributed by atoms with E-state index in [0.29, 0.717) is 18.7 Å². The monoisotopic (exact) mass is 470 g/mol. The Bertz CT molecular complexity index is 701. The molecule has 0 fully saturated rings. The second-order valence-corrected chi connectivity index (χ2v) is 5.70. The first-order valence-corrected chi connectivity index (χ1v) is 8.39. The molecule has 2 aromatic rings.